The molecule has 6 N–H and O–H groups in total. The van der Waals surface area contributed by atoms with Gasteiger partial charge in [0.15, 0.2) is 0 Å². The van der Waals surface area contributed by atoms with Crippen molar-refractivity contribution < 1.29 is 23.9 Å². The Hall–Kier alpha value is -5.32. The Morgan fingerprint density at radius 1 is 1.03 bits per heavy atom. The molecule has 2 aliphatic heterocycles. The van der Waals surface area contributed by atoms with E-state index >= 15 is 0 Å². The molecule has 1 unspecified atom stereocenters. The molecule has 6 rings (SSSR count). The van der Waals surface area contributed by atoms with E-state index in [4.69, 9.17) is 26.3 Å². The van der Waals surface area contributed by atoms with Gasteiger partial charge < -0.3 is 26.0 Å². The van der Waals surface area contributed by atoms with Crippen LogP contribution in [0.2, 0.25) is 0 Å². The molecule has 1 aromatic heterocycles. The van der Waals surface area contributed by atoms with Crippen LogP contribution in [0.25, 0.3) is 0 Å². The topological polar surface area (TPSA) is 201 Å². The molecule has 1 saturated carbocycles. The van der Waals surface area contributed by atoms with Crippen LogP contribution in [0.15, 0.2) is 53.4 Å². The van der Waals surface area contributed by atoms with E-state index in [1.54, 1.807) is 35.8 Å². The molecule has 15 nitrogen and oxygen atoms in total. The Morgan fingerprint density at radius 2 is 1.72 bits per heavy atom. The average molecular weight is 899 g/mol. The lowest BCUT2D eigenvalue weighted by Gasteiger charge is -2.34. The number of ether oxygens (including phenoxy) is 1. The summed E-state index contributed by atoms with van der Waals surface area (Å²) in [6, 6.07) is 15.3. The van der Waals surface area contributed by atoms with Crippen LogP contribution < -0.4 is 26.2 Å². The summed E-state index contributed by atoms with van der Waals surface area (Å²) >= 11 is 1.69. The second kappa shape index (κ2) is 24.7. The molecular formula is C48H70N10O5S. The molecule has 348 valence electrons. The Kier molecular flexibility index (Phi) is 19.8. The standard InChI is InChI=1S/C37H45N5O4S.C8H18N2O.C3H7N3/c1-5-41(37(45)46-22-26-8-10-30(11-9-26)38-23-43)34-17-29(28-13-25(3)14-28)18-35(39-34)42-21-32-31(36(42)44)15-27(16-33(32)47-4)20-40-12-6-7-24(2)19-40;1-5(2)7(9)8(11)10-6(3)4;1-6(2-4)3-5/h8-11,15-18,23-25,28H,5-7,12-14,19-22H2,1-4H3,(H,38,43);5-7H,9H2,1-4H3,(H,10,11);2-5H,1H3/t24-,25?,28?;;/m0../s1. The summed E-state index contributed by atoms with van der Waals surface area (Å²) in [5.41, 5.74) is 11.1. The molecule has 2 aromatic carbocycles. The number of thioether (sulfide) groups is 1. The number of fused-ring (bicyclic) bond motifs is 1. The Labute approximate surface area is 384 Å². The van der Waals surface area contributed by atoms with E-state index in [2.05, 4.69) is 47.8 Å². The second-order valence-electron chi connectivity index (χ2n) is 17.7. The van der Waals surface area contributed by atoms with Gasteiger partial charge in [0.2, 0.25) is 12.3 Å². The van der Waals surface area contributed by atoms with Crippen LogP contribution in [-0.2, 0) is 34.0 Å². The number of amides is 4. The maximum atomic E-state index is 14.1. The molecule has 1 aliphatic carbocycles. The number of nitrogens with zero attached hydrogens (tertiary/aromatic N) is 5. The van der Waals surface area contributed by atoms with E-state index in [-0.39, 0.29) is 36.4 Å². The van der Waals surface area contributed by atoms with Crippen molar-refractivity contribution in [2.75, 3.05) is 48.1 Å². The quantitative estimate of drug-likeness (QED) is 0.0405. The molecule has 4 amide bonds. The van der Waals surface area contributed by atoms with Crippen molar-refractivity contribution in [3.63, 3.8) is 0 Å². The Bertz CT molecular complexity index is 2050. The van der Waals surface area contributed by atoms with E-state index in [0.29, 0.717) is 54.6 Å². The third-order valence-electron chi connectivity index (χ3n) is 11.6. The monoisotopic (exact) mass is 899 g/mol. The van der Waals surface area contributed by atoms with E-state index in [0.717, 1.165) is 72.3 Å². The molecule has 16 heteroatoms. The van der Waals surface area contributed by atoms with Crippen molar-refractivity contribution in [1.29, 1.82) is 10.8 Å². The van der Waals surface area contributed by atoms with Crippen molar-refractivity contribution in [2.45, 2.75) is 117 Å². The van der Waals surface area contributed by atoms with Gasteiger partial charge in [-0.25, -0.2) is 9.78 Å². The van der Waals surface area contributed by atoms with E-state index < -0.39 is 6.09 Å². The molecule has 3 aromatic rings. The van der Waals surface area contributed by atoms with Crippen LogP contribution in [0.4, 0.5) is 22.1 Å². The smallest absolute Gasteiger partial charge is 0.415 e. The number of benzene rings is 2. The molecular weight excluding hydrogens is 829 g/mol. The number of hydrogen-bond donors (Lipinski definition) is 5. The van der Waals surface area contributed by atoms with E-state index in [1.807, 2.05) is 58.9 Å². The van der Waals surface area contributed by atoms with Crippen molar-refractivity contribution in [3.05, 3.63) is 76.3 Å². The lowest BCUT2D eigenvalue weighted by atomic mass is 9.72. The van der Waals surface area contributed by atoms with Crippen molar-refractivity contribution in [2.24, 2.45) is 23.5 Å². The number of piperidine rings is 1. The lowest BCUT2D eigenvalue weighted by molar-refractivity contribution is -0.123. The van der Waals surface area contributed by atoms with Gasteiger partial charge >= 0.3 is 6.09 Å². The SMILES string of the molecule is CC(C)NC(=O)C(N)C(C)C.CCN(C(=O)OCc1ccc(NC=O)cc1)c1cc(C2CC(C)C2)cc(N2Cc3c(SC)cc(CN4CCC[C@H](C)C4)cc3C2=O)n1.CN(C=N)C=N. The minimum absolute atomic E-state index is 0.0418. The molecule has 1 saturated heterocycles. The number of likely N-dealkylation sites (tertiary alicyclic amines) is 1. The van der Waals surface area contributed by atoms with Gasteiger partial charge in [0.1, 0.15) is 18.2 Å². The van der Waals surface area contributed by atoms with Crippen LogP contribution >= 0.6 is 11.8 Å². The zero-order valence-electron chi connectivity index (χ0n) is 39.1. The first kappa shape index (κ1) is 51.3. The van der Waals surface area contributed by atoms with Crippen molar-refractivity contribution in [3.8, 4) is 0 Å². The number of nitrogens with one attached hydrogen (secondary N) is 4. The summed E-state index contributed by atoms with van der Waals surface area (Å²) in [6.45, 7) is 18.1. The highest BCUT2D eigenvalue weighted by Crippen LogP contribution is 2.44. The van der Waals surface area contributed by atoms with Crippen LogP contribution in [0, 0.1) is 28.6 Å². The maximum Gasteiger partial charge on any atom is 0.415 e. The summed E-state index contributed by atoms with van der Waals surface area (Å²) in [7, 11) is 1.62. The van der Waals surface area contributed by atoms with Gasteiger partial charge in [-0.2, -0.15) is 0 Å². The summed E-state index contributed by atoms with van der Waals surface area (Å²) in [4.78, 5) is 62.7. The first-order chi connectivity index (χ1) is 30.5. The fourth-order valence-corrected chi connectivity index (χ4v) is 8.57. The average Bonchev–Trinajstić information content (AvgIpc) is 3.60. The first-order valence-corrected chi connectivity index (χ1v) is 23.5. The van der Waals surface area contributed by atoms with Gasteiger partial charge in [-0.3, -0.25) is 39.9 Å². The number of carbonyl (C=O) groups excluding carboxylic acids is 4. The number of hydrogen-bond acceptors (Lipinski definition) is 11. The zero-order chi connectivity index (χ0) is 47.1. The lowest BCUT2D eigenvalue weighted by Crippen LogP contribution is -2.46. The number of rotatable bonds is 16. The number of anilines is 3. The van der Waals surface area contributed by atoms with Gasteiger partial charge in [0.25, 0.3) is 5.91 Å². The van der Waals surface area contributed by atoms with Crippen LogP contribution in [0.1, 0.15) is 113 Å². The molecule has 3 aliphatic rings. The van der Waals surface area contributed by atoms with Gasteiger partial charge in [0, 0.05) is 48.9 Å². The third kappa shape index (κ3) is 14.3. The number of aromatic nitrogens is 1. The second-order valence-corrected chi connectivity index (χ2v) is 18.6. The Morgan fingerprint density at radius 3 is 2.27 bits per heavy atom. The summed E-state index contributed by atoms with van der Waals surface area (Å²) < 4.78 is 5.71. The minimum Gasteiger partial charge on any atom is -0.444 e. The van der Waals surface area contributed by atoms with Gasteiger partial charge in [-0.1, -0.05) is 39.8 Å². The Balaban J connectivity index is 0.000000447. The fourth-order valence-electron chi connectivity index (χ4n) is 7.88. The van der Waals surface area contributed by atoms with Crippen molar-refractivity contribution in [1.82, 2.24) is 20.1 Å². The first-order valence-electron chi connectivity index (χ1n) is 22.3. The minimum atomic E-state index is -0.502. The summed E-state index contributed by atoms with van der Waals surface area (Å²) in [6.07, 6.45) is 8.95. The summed E-state index contributed by atoms with van der Waals surface area (Å²) in [5, 5.41) is 18.3. The van der Waals surface area contributed by atoms with Gasteiger partial charge in [-0.05, 0) is 142 Å². The molecule has 0 spiro atoms. The normalized spacial score (nSPS) is 18.3. The molecule has 64 heavy (non-hydrogen) atoms. The fraction of sp³-hybridized carbons (Fsp3) is 0.521. The highest BCUT2D eigenvalue weighted by molar-refractivity contribution is 7.98. The highest BCUT2D eigenvalue weighted by atomic mass is 32.2. The third-order valence-corrected chi connectivity index (χ3v) is 12.4. The van der Waals surface area contributed by atoms with Crippen LogP contribution in [0.3, 0.4) is 0 Å². The highest BCUT2D eigenvalue weighted by Gasteiger charge is 2.35. The van der Waals surface area contributed by atoms with Gasteiger partial charge in [0.05, 0.1) is 25.3 Å². The summed E-state index contributed by atoms with van der Waals surface area (Å²) in [5.74, 6) is 2.86. The largest absolute Gasteiger partial charge is 0.444 e. The van der Waals surface area contributed by atoms with E-state index in [9.17, 15) is 19.2 Å². The molecule has 0 radical (unpaired) electrons. The van der Waals surface area contributed by atoms with Crippen molar-refractivity contribution >= 4 is 66.1 Å². The predicted octanol–water partition coefficient (Wildman–Crippen LogP) is 8.07. The van der Waals surface area contributed by atoms with E-state index in [1.165, 1.54) is 28.2 Å². The number of nitrogens with two attached hydrogens (primary N) is 1. The van der Waals surface area contributed by atoms with Gasteiger partial charge in [-0.15, -0.1) is 11.8 Å². The van der Waals surface area contributed by atoms with Crippen LogP contribution in [0.5, 0.6) is 0 Å². The molecule has 2 fully saturated rings. The molecule has 3 heterocycles. The van der Waals surface area contributed by atoms with Crippen LogP contribution in [-0.4, -0.2) is 96.8 Å². The maximum absolute atomic E-state index is 14.1. The zero-order valence-corrected chi connectivity index (χ0v) is 40.0. The predicted molar refractivity (Wildman–Crippen MR) is 259 cm³/mol. The number of pyridine rings is 1. The number of carbonyl (C=O) groups is 4. The molecule has 2 atom stereocenters. The molecule has 0 bridgehead atoms.